The number of ketones is 2. The Morgan fingerprint density at radius 1 is 1.25 bits per heavy atom. The van der Waals surface area contributed by atoms with Crippen LogP contribution in [-0.2, 0) is 4.79 Å². The number of Topliss-reactive ketones (excluding diaryl/α,β-unsaturated/α-hetero) is 2. The van der Waals surface area contributed by atoms with E-state index < -0.39 is 23.5 Å². The molecule has 0 bridgehead atoms. The highest BCUT2D eigenvalue weighted by molar-refractivity contribution is 7.17. The molecular weight excluding hydrogens is 500 g/mol. The van der Waals surface area contributed by atoms with E-state index in [0.29, 0.717) is 39.1 Å². The molecule has 0 spiro atoms. The number of thiazole rings is 1. The van der Waals surface area contributed by atoms with E-state index in [-0.39, 0.29) is 23.1 Å². The van der Waals surface area contributed by atoms with Crippen LogP contribution in [0.2, 0.25) is 0 Å². The summed E-state index contributed by atoms with van der Waals surface area (Å²) in [7, 11) is 0. The molecule has 1 N–H and O–H groups in total. The lowest BCUT2D eigenvalue weighted by Gasteiger charge is -2.25. The van der Waals surface area contributed by atoms with Crippen LogP contribution >= 0.6 is 22.7 Å². The van der Waals surface area contributed by atoms with Crippen LogP contribution in [0.15, 0.2) is 59.7 Å². The zero-order valence-corrected chi connectivity index (χ0v) is 21.6. The molecule has 8 nitrogen and oxygen atoms in total. The van der Waals surface area contributed by atoms with Crippen LogP contribution in [0.4, 0.5) is 5.13 Å². The number of amides is 1. The molecule has 0 saturated carbocycles. The van der Waals surface area contributed by atoms with E-state index in [2.05, 4.69) is 11.6 Å². The van der Waals surface area contributed by atoms with Crippen molar-refractivity contribution in [3.05, 3.63) is 80.7 Å². The van der Waals surface area contributed by atoms with Crippen molar-refractivity contribution in [3.8, 4) is 11.5 Å². The highest BCUT2D eigenvalue weighted by Gasteiger charge is 2.46. The van der Waals surface area contributed by atoms with Crippen molar-refractivity contribution >= 4 is 45.3 Å². The molecule has 4 rings (SSSR count). The third-order valence-electron chi connectivity index (χ3n) is 5.45. The lowest BCUT2D eigenvalue weighted by atomic mass is 9.95. The van der Waals surface area contributed by atoms with E-state index in [1.807, 2.05) is 6.92 Å². The van der Waals surface area contributed by atoms with E-state index in [1.165, 1.54) is 23.2 Å². The maximum atomic E-state index is 13.5. The summed E-state index contributed by atoms with van der Waals surface area (Å²) < 4.78 is 11.5. The first kappa shape index (κ1) is 25.3. The second-order valence-electron chi connectivity index (χ2n) is 7.85. The van der Waals surface area contributed by atoms with Gasteiger partial charge in [-0.25, -0.2) is 4.98 Å². The molecule has 10 heteroatoms. The summed E-state index contributed by atoms with van der Waals surface area (Å²) in [6.07, 6.45) is 1.61. The van der Waals surface area contributed by atoms with E-state index in [4.69, 9.17) is 9.47 Å². The number of hydrogen-bond donors (Lipinski definition) is 1. The Morgan fingerprint density at radius 2 is 2.03 bits per heavy atom. The van der Waals surface area contributed by atoms with Gasteiger partial charge in [0.15, 0.2) is 28.2 Å². The van der Waals surface area contributed by atoms with Gasteiger partial charge in [-0.2, -0.15) is 0 Å². The van der Waals surface area contributed by atoms with Crippen molar-refractivity contribution in [2.24, 2.45) is 0 Å². The lowest BCUT2D eigenvalue weighted by molar-refractivity contribution is -0.117. The summed E-state index contributed by atoms with van der Waals surface area (Å²) in [5, 5.41) is 12.9. The minimum absolute atomic E-state index is 0.0677. The summed E-state index contributed by atoms with van der Waals surface area (Å²) >= 11 is 2.25. The minimum atomic E-state index is -0.995. The zero-order chi connectivity index (χ0) is 26.0. The maximum Gasteiger partial charge on any atom is 0.296 e. The SMILES string of the molecule is C=CCOc1ccc(C2C(C(=O)c3cccs3)=C(O)C(=O)N2c2nc(C)c(C(C)=O)s2)cc1OCC. The molecule has 3 aromatic rings. The molecule has 2 aromatic heterocycles. The van der Waals surface area contributed by atoms with Gasteiger partial charge in [-0.3, -0.25) is 19.3 Å². The van der Waals surface area contributed by atoms with Gasteiger partial charge >= 0.3 is 0 Å². The van der Waals surface area contributed by atoms with Crippen LogP contribution in [0, 0.1) is 6.92 Å². The Kier molecular flexibility index (Phi) is 7.37. The Hall–Kier alpha value is -3.76. The number of nitrogens with zero attached hydrogens (tertiary/aromatic N) is 2. The third kappa shape index (κ3) is 4.57. The topological polar surface area (TPSA) is 106 Å². The minimum Gasteiger partial charge on any atom is -0.503 e. The summed E-state index contributed by atoms with van der Waals surface area (Å²) in [4.78, 5) is 45.4. The predicted molar refractivity (Wildman–Crippen MR) is 139 cm³/mol. The third-order valence-corrected chi connectivity index (χ3v) is 7.58. The van der Waals surface area contributed by atoms with Crippen LogP contribution in [0.3, 0.4) is 0 Å². The fourth-order valence-corrected chi connectivity index (χ4v) is 5.60. The normalized spacial score (nSPS) is 15.4. The largest absolute Gasteiger partial charge is 0.503 e. The Morgan fingerprint density at radius 3 is 2.64 bits per heavy atom. The molecule has 1 aliphatic heterocycles. The Labute approximate surface area is 216 Å². The van der Waals surface area contributed by atoms with E-state index >= 15 is 0 Å². The fraction of sp³-hybridized carbons (Fsp3) is 0.231. The van der Waals surface area contributed by atoms with E-state index in [1.54, 1.807) is 48.7 Å². The molecule has 1 unspecified atom stereocenters. The number of aliphatic hydroxyl groups is 1. The van der Waals surface area contributed by atoms with Gasteiger partial charge in [0.25, 0.3) is 5.91 Å². The monoisotopic (exact) mass is 524 g/mol. The number of aryl methyl sites for hydroxylation is 1. The lowest BCUT2D eigenvalue weighted by Crippen LogP contribution is -2.31. The average Bonchev–Trinajstić information content (AvgIpc) is 3.57. The van der Waals surface area contributed by atoms with Gasteiger partial charge in [0.1, 0.15) is 6.61 Å². The van der Waals surface area contributed by atoms with Crippen LogP contribution in [-0.4, -0.2) is 40.8 Å². The number of ether oxygens (including phenoxy) is 2. The number of thiophene rings is 1. The molecular formula is C26H24N2O6S2. The average molecular weight is 525 g/mol. The van der Waals surface area contributed by atoms with Crippen LogP contribution in [0.1, 0.15) is 50.5 Å². The smallest absolute Gasteiger partial charge is 0.296 e. The quantitative estimate of drug-likeness (QED) is 0.277. The van der Waals surface area contributed by atoms with E-state index in [9.17, 15) is 19.5 Å². The number of aliphatic hydroxyl groups excluding tert-OH is 1. The van der Waals surface area contributed by atoms with Gasteiger partial charge < -0.3 is 14.6 Å². The summed E-state index contributed by atoms with van der Waals surface area (Å²) in [6.45, 7) is 9.21. The van der Waals surface area contributed by atoms with E-state index in [0.717, 1.165) is 11.3 Å². The number of aromatic nitrogens is 1. The first-order chi connectivity index (χ1) is 17.3. The van der Waals surface area contributed by atoms with Gasteiger partial charge in [0, 0.05) is 6.92 Å². The van der Waals surface area contributed by atoms with Gasteiger partial charge in [0.2, 0.25) is 5.78 Å². The Bertz CT molecular complexity index is 1370. The number of carbonyl (C=O) groups is 3. The predicted octanol–water partition coefficient (Wildman–Crippen LogP) is 5.46. The van der Waals surface area contributed by atoms with Gasteiger partial charge in [-0.15, -0.1) is 11.3 Å². The van der Waals surface area contributed by atoms with Crippen molar-refractivity contribution in [3.63, 3.8) is 0 Å². The molecule has 0 radical (unpaired) electrons. The van der Waals surface area contributed by atoms with Crippen molar-refractivity contribution in [2.45, 2.75) is 26.8 Å². The first-order valence-electron chi connectivity index (χ1n) is 11.1. The van der Waals surface area contributed by atoms with Crippen molar-refractivity contribution in [2.75, 3.05) is 18.1 Å². The molecule has 186 valence electrons. The van der Waals surface area contributed by atoms with Crippen LogP contribution in [0.25, 0.3) is 0 Å². The number of anilines is 1. The molecule has 1 aliphatic rings. The van der Waals surface area contributed by atoms with Crippen LogP contribution < -0.4 is 14.4 Å². The molecule has 1 atom stereocenters. The molecule has 0 saturated heterocycles. The molecule has 3 heterocycles. The van der Waals surface area contributed by atoms with Gasteiger partial charge in [-0.1, -0.05) is 36.1 Å². The highest BCUT2D eigenvalue weighted by Crippen LogP contribution is 2.45. The molecule has 1 amide bonds. The molecule has 1 aromatic carbocycles. The van der Waals surface area contributed by atoms with Crippen molar-refractivity contribution in [1.29, 1.82) is 0 Å². The second-order valence-corrected chi connectivity index (χ2v) is 9.78. The van der Waals surface area contributed by atoms with Crippen LogP contribution in [0.5, 0.6) is 11.5 Å². The molecule has 0 aliphatic carbocycles. The number of benzene rings is 1. The van der Waals surface area contributed by atoms with Gasteiger partial charge in [-0.05, 0) is 43.0 Å². The van der Waals surface area contributed by atoms with Gasteiger partial charge in [0.05, 0.1) is 33.7 Å². The summed E-state index contributed by atoms with van der Waals surface area (Å²) in [6, 6.07) is 7.43. The zero-order valence-electron chi connectivity index (χ0n) is 19.9. The molecule has 0 fully saturated rings. The Balaban J connectivity index is 1.89. The molecule has 36 heavy (non-hydrogen) atoms. The highest BCUT2D eigenvalue weighted by atomic mass is 32.1. The summed E-state index contributed by atoms with van der Waals surface area (Å²) in [5.74, 6) is -1.19. The number of hydrogen-bond acceptors (Lipinski definition) is 9. The fourth-order valence-electron chi connectivity index (χ4n) is 3.93. The summed E-state index contributed by atoms with van der Waals surface area (Å²) in [5.41, 5.74) is 0.913. The first-order valence-corrected chi connectivity index (χ1v) is 12.8. The number of carbonyl (C=O) groups excluding carboxylic acids is 3. The second kappa shape index (κ2) is 10.5. The van der Waals surface area contributed by atoms with Crippen molar-refractivity contribution in [1.82, 2.24) is 4.98 Å². The number of rotatable bonds is 10. The van der Waals surface area contributed by atoms with Crippen molar-refractivity contribution < 1.29 is 29.0 Å². The maximum absolute atomic E-state index is 13.5. The standard InChI is InChI=1S/C26H24N2O6S2/c1-5-11-34-17-10-9-16(13-18(17)33-6-2)21-20(22(30)19-8-7-12-35-19)23(31)25(32)28(21)26-27-14(3)24(36-26)15(4)29/h5,7-10,12-13,21,31H,1,6,11H2,2-4H3.